The Morgan fingerprint density at radius 1 is 1.29 bits per heavy atom. The summed E-state index contributed by atoms with van der Waals surface area (Å²) in [6.45, 7) is 2.39. The molecule has 0 unspecified atom stereocenters. The number of piperidine rings is 1. The van der Waals surface area contributed by atoms with E-state index in [2.05, 4.69) is 35.4 Å². The van der Waals surface area contributed by atoms with E-state index >= 15 is 0 Å². The van der Waals surface area contributed by atoms with Gasteiger partial charge in [0.15, 0.2) is 0 Å². The molecule has 3 heteroatoms. The molecular formula is C14H21NOS. The van der Waals surface area contributed by atoms with Crippen LogP contribution < -0.4 is 0 Å². The minimum Gasteiger partial charge on any atom is -0.395 e. The molecule has 1 aromatic carbocycles. The first-order chi connectivity index (χ1) is 8.33. The second kappa shape index (κ2) is 6.43. The number of benzene rings is 1. The van der Waals surface area contributed by atoms with Crippen molar-refractivity contribution in [3.8, 4) is 0 Å². The number of hydrogen-bond acceptors (Lipinski definition) is 3. The Kier molecular flexibility index (Phi) is 4.89. The average molecular weight is 251 g/mol. The molecule has 1 fully saturated rings. The SMILES string of the molecule is CSc1ccc(CN2CCCC[C@@H]2CO)cc1. The first kappa shape index (κ1) is 12.9. The van der Waals surface area contributed by atoms with Crippen LogP contribution in [0.3, 0.4) is 0 Å². The molecule has 0 spiro atoms. The highest BCUT2D eigenvalue weighted by molar-refractivity contribution is 7.98. The Hall–Kier alpha value is -0.510. The zero-order chi connectivity index (χ0) is 12.1. The van der Waals surface area contributed by atoms with Gasteiger partial charge in [-0.3, -0.25) is 4.90 Å². The lowest BCUT2D eigenvalue weighted by molar-refractivity contribution is 0.0841. The van der Waals surface area contributed by atoms with Crippen molar-refractivity contribution in [2.45, 2.75) is 36.7 Å². The number of aliphatic hydroxyl groups excluding tert-OH is 1. The molecule has 0 amide bonds. The quantitative estimate of drug-likeness (QED) is 0.832. The lowest BCUT2D eigenvalue weighted by Crippen LogP contribution is -2.41. The number of rotatable bonds is 4. The summed E-state index contributed by atoms with van der Waals surface area (Å²) in [6.07, 6.45) is 5.76. The van der Waals surface area contributed by atoms with Gasteiger partial charge in [0.05, 0.1) is 6.61 Å². The monoisotopic (exact) mass is 251 g/mol. The smallest absolute Gasteiger partial charge is 0.0586 e. The van der Waals surface area contributed by atoms with E-state index < -0.39 is 0 Å². The third-order valence-corrected chi connectivity index (χ3v) is 4.25. The molecule has 2 nitrogen and oxygen atoms in total. The van der Waals surface area contributed by atoms with Crippen LogP contribution in [0.4, 0.5) is 0 Å². The minimum absolute atomic E-state index is 0.295. The van der Waals surface area contributed by atoms with Crippen molar-refractivity contribution in [1.29, 1.82) is 0 Å². The maximum atomic E-state index is 9.38. The third-order valence-electron chi connectivity index (χ3n) is 3.50. The van der Waals surface area contributed by atoms with E-state index in [9.17, 15) is 5.11 Å². The Morgan fingerprint density at radius 3 is 2.71 bits per heavy atom. The molecule has 0 aliphatic carbocycles. The summed E-state index contributed by atoms with van der Waals surface area (Å²) in [7, 11) is 0. The van der Waals surface area contributed by atoms with Gasteiger partial charge >= 0.3 is 0 Å². The van der Waals surface area contributed by atoms with Crippen LogP contribution in [-0.2, 0) is 6.54 Å². The summed E-state index contributed by atoms with van der Waals surface area (Å²) in [5, 5.41) is 9.38. The topological polar surface area (TPSA) is 23.5 Å². The van der Waals surface area contributed by atoms with E-state index in [0.29, 0.717) is 12.6 Å². The van der Waals surface area contributed by atoms with Crippen LogP contribution >= 0.6 is 11.8 Å². The fraction of sp³-hybridized carbons (Fsp3) is 0.571. The van der Waals surface area contributed by atoms with E-state index in [-0.39, 0.29) is 0 Å². The summed E-state index contributed by atoms with van der Waals surface area (Å²) < 4.78 is 0. The molecular weight excluding hydrogens is 230 g/mol. The first-order valence-electron chi connectivity index (χ1n) is 6.31. The summed E-state index contributed by atoms with van der Waals surface area (Å²) in [5.74, 6) is 0. The van der Waals surface area contributed by atoms with Gasteiger partial charge in [-0.2, -0.15) is 0 Å². The Bertz CT molecular complexity index is 339. The highest BCUT2D eigenvalue weighted by Crippen LogP contribution is 2.21. The number of likely N-dealkylation sites (tertiary alicyclic amines) is 1. The lowest BCUT2D eigenvalue weighted by atomic mass is 10.0. The molecule has 2 rings (SSSR count). The predicted octanol–water partition coefficient (Wildman–Crippen LogP) is 2.76. The van der Waals surface area contributed by atoms with Crippen molar-refractivity contribution in [1.82, 2.24) is 4.90 Å². The number of aliphatic hydroxyl groups is 1. The molecule has 1 N–H and O–H groups in total. The molecule has 0 radical (unpaired) electrons. The number of thioether (sulfide) groups is 1. The number of hydrogen-bond donors (Lipinski definition) is 1. The maximum absolute atomic E-state index is 9.38. The molecule has 0 saturated carbocycles. The molecule has 1 aliphatic rings. The Morgan fingerprint density at radius 2 is 2.06 bits per heavy atom. The van der Waals surface area contributed by atoms with Gasteiger partial charge in [0.2, 0.25) is 0 Å². The zero-order valence-electron chi connectivity index (χ0n) is 10.4. The van der Waals surface area contributed by atoms with Crippen LogP contribution in [0.1, 0.15) is 24.8 Å². The molecule has 1 atom stereocenters. The summed E-state index contributed by atoms with van der Waals surface area (Å²) >= 11 is 1.78. The van der Waals surface area contributed by atoms with Crippen molar-refractivity contribution in [3.63, 3.8) is 0 Å². The predicted molar refractivity (Wildman–Crippen MR) is 73.4 cm³/mol. The van der Waals surface area contributed by atoms with Crippen molar-refractivity contribution in [3.05, 3.63) is 29.8 Å². The van der Waals surface area contributed by atoms with Gasteiger partial charge < -0.3 is 5.11 Å². The molecule has 0 bridgehead atoms. The van der Waals surface area contributed by atoms with E-state index in [0.717, 1.165) is 19.5 Å². The Labute approximate surface area is 108 Å². The molecule has 17 heavy (non-hydrogen) atoms. The van der Waals surface area contributed by atoms with Crippen molar-refractivity contribution >= 4 is 11.8 Å². The van der Waals surface area contributed by atoms with Crippen molar-refractivity contribution in [2.24, 2.45) is 0 Å². The van der Waals surface area contributed by atoms with Gasteiger partial charge in [-0.15, -0.1) is 11.8 Å². The van der Waals surface area contributed by atoms with Crippen LogP contribution in [0.2, 0.25) is 0 Å². The minimum atomic E-state index is 0.295. The van der Waals surface area contributed by atoms with E-state index in [1.165, 1.54) is 23.3 Å². The lowest BCUT2D eigenvalue weighted by Gasteiger charge is -2.34. The largest absolute Gasteiger partial charge is 0.395 e. The van der Waals surface area contributed by atoms with Crippen molar-refractivity contribution in [2.75, 3.05) is 19.4 Å². The van der Waals surface area contributed by atoms with E-state index in [1.807, 2.05) is 0 Å². The van der Waals surface area contributed by atoms with Gasteiger partial charge in [0.1, 0.15) is 0 Å². The maximum Gasteiger partial charge on any atom is 0.0586 e. The fourth-order valence-corrected chi connectivity index (χ4v) is 2.85. The zero-order valence-corrected chi connectivity index (χ0v) is 11.2. The molecule has 1 heterocycles. The second-order valence-electron chi connectivity index (χ2n) is 4.65. The average Bonchev–Trinajstić information content (AvgIpc) is 2.40. The molecule has 0 aromatic heterocycles. The number of nitrogens with zero attached hydrogens (tertiary/aromatic N) is 1. The fourth-order valence-electron chi connectivity index (χ4n) is 2.44. The molecule has 1 saturated heterocycles. The molecule has 94 valence electrons. The molecule has 1 aromatic rings. The van der Waals surface area contributed by atoms with Gasteiger partial charge in [-0.05, 0) is 43.3 Å². The van der Waals surface area contributed by atoms with Gasteiger partial charge in [-0.25, -0.2) is 0 Å². The van der Waals surface area contributed by atoms with Gasteiger partial charge in [0, 0.05) is 17.5 Å². The van der Waals surface area contributed by atoms with Gasteiger partial charge in [0.25, 0.3) is 0 Å². The van der Waals surface area contributed by atoms with Crippen LogP contribution in [-0.4, -0.2) is 35.5 Å². The highest BCUT2D eigenvalue weighted by atomic mass is 32.2. The van der Waals surface area contributed by atoms with Crippen LogP contribution in [0.15, 0.2) is 29.2 Å². The summed E-state index contributed by atoms with van der Waals surface area (Å²) in [5.41, 5.74) is 1.35. The molecule has 1 aliphatic heterocycles. The highest BCUT2D eigenvalue weighted by Gasteiger charge is 2.21. The normalized spacial score (nSPS) is 21.6. The Balaban J connectivity index is 1.98. The van der Waals surface area contributed by atoms with E-state index in [4.69, 9.17) is 0 Å². The second-order valence-corrected chi connectivity index (χ2v) is 5.53. The first-order valence-corrected chi connectivity index (χ1v) is 7.54. The van der Waals surface area contributed by atoms with Crippen LogP contribution in [0, 0.1) is 0 Å². The third kappa shape index (κ3) is 3.47. The van der Waals surface area contributed by atoms with Crippen molar-refractivity contribution < 1.29 is 5.11 Å². The standard InChI is InChI=1S/C14H21NOS/c1-17-14-7-5-12(6-8-14)10-15-9-3-2-4-13(15)11-16/h5-8,13,16H,2-4,9-11H2,1H3/t13-/m1/s1. The van der Waals surface area contributed by atoms with Crippen LogP contribution in [0.5, 0.6) is 0 Å². The van der Waals surface area contributed by atoms with E-state index in [1.54, 1.807) is 11.8 Å². The van der Waals surface area contributed by atoms with Crippen LogP contribution in [0.25, 0.3) is 0 Å². The van der Waals surface area contributed by atoms with Gasteiger partial charge in [-0.1, -0.05) is 18.6 Å². The summed E-state index contributed by atoms with van der Waals surface area (Å²) in [4.78, 5) is 3.73. The summed E-state index contributed by atoms with van der Waals surface area (Å²) in [6, 6.07) is 9.13.